The second kappa shape index (κ2) is 17.7. The van der Waals surface area contributed by atoms with Crippen LogP contribution in [0.4, 0.5) is 42.6 Å². The molecule has 0 saturated carbocycles. The van der Waals surface area contributed by atoms with Crippen molar-refractivity contribution in [1.82, 2.24) is 20.9 Å². The number of hydrogen-bond acceptors (Lipinski definition) is 13. The Hall–Kier alpha value is -5.58. The van der Waals surface area contributed by atoms with E-state index in [1.54, 1.807) is 16.9 Å². The number of carbonyl (C=O) groups is 5. The van der Waals surface area contributed by atoms with Gasteiger partial charge in [0.25, 0.3) is 17.7 Å². The molecule has 0 spiro atoms. The number of halogens is 6. The Bertz CT molecular complexity index is 1820. The lowest BCUT2D eigenvalue weighted by Gasteiger charge is -2.34. The second-order valence-corrected chi connectivity index (χ2v) is 13.8. The van der Waals surface area contributed by atoms with Crippen molar-refractivity contribution in [3.8, 4) is 0 Å². The van der Waals surface area contributed by atoms with Crippen LogP contribution in [0.5, 0.6) is 0 Å². The molecule has 4 rings (SSSR count). The average Bonchev–Trinajstić information content (AvgIpc) is 3.71. The number of aromatic nitrogens is 1. The molecular formula is C34H38F6N6O11. The fraction of sp³-hybridized carbons (Fsp3) is 0.529. The number of imide groups is 1. The largest absolute Gasteiger partial charge is 0.443 e. The summed E-state index contributed by atoms with van der Waals surface area (Å²) in [5.41, 5.74) is -5.11. The first-order valence-electron chi connectivity index (χ1n) is 17.3. The standard InChI is InChI=1S/C34H38F6N6O11/c1-31(2,3)56-30(51)43-42-29(50)32(34(38,39)40,55-18-20-9-5-4-6-10-20)14-8-16-54-19-21-11-7-15-44(21)27-22(33(35,36)37)17-23(46(52)53)26(41-27)28(49)57-45-24(47)12-13-25(45)48/h4-6,9-10,17,21H,7-8,11-16,18-19H2,1-3H3,(H,42,50)(H,43,51)/t21-,32?/m0/s1. The highest BCUT2D eigenvalue weighted by atomic mass is 19.4. The second-order valence-electron chi connectivity index (χ2n) is 13.8. The van der Waals surface area contributed by atoms with Crippen molar-refractivity contribution >= 4 is 41.3 Å². The number of hydrogen-bond donors (Lipinski definition) is 2. The summed E-state index contributed by atoms with van der Waals surface area (Å²) in [6, 6.07) is 6.71. The fourth-order valence-electron chi connectivity index (χ4n) is 5.82. The molecule has 1 unspecified atom stereocenters. The molecule has 0 radical (unpaired) electrons. The number of ether oxygens (including phenoxy) is 3. The smallest absolute Gasteiger partial charge is 0.426 e. The van der Waals surface area contributed by atoms with Crippen LogP contribution < -0.4 is 15.8 Å². The van der Waals surface area contributed by atoms with E-state index in [1.807, 2.05) is 0 Å². The minimum atomic E-state index is -5.35. The first-order valence-corrected chi connectivity index (χ1v) is 17.3. The number of pyridine rings is 1. The Morgan fingerprint density at radius 1 is 1.00 bits per heavy atom. The van der Waals surface area contributed by atoms with Crippen LogP contribution in [0.15, 0.2) is 36.4 Å². The first-order chi connectivity index (χ1) is 26.5. The van der Waals surface area contributed by atoms with E-state index >= 15 is 0 Å². The summed E-state index contributed by atoms with van der Waals surface area (Å²) in [4.78, 5) is 81.9. The lowest BCUT2D eigenvalue weighted by atomic mass is 9.95. The minimum Gasteiger partial charge on any atom is -0.443 e. The van der Waals surface area contributed by atoms with Crippen molar-refractivity contribution in [2.75, 3.05) is 24.7 Å². The number of rotatable bonds is 14. The number of alkyl halides is 6. The lowest BCUT2D eigenvalue weighted by molar-refractivity contribution is -0.385. The monoisotopic (exact) mass is 820 g/mol. The molecule has 1 aromatic heterocycles. The van der Waals surface area contributed by atoms with Gasteiger partial charge in [-0.15, -0.1) is 5.06 Å². The molecule has 1 aromatic carbocycles. The molecule has 0 bridgehead atoms. The topological polar surface area (TPSA) is 209 Å². The zero-order valence-electron chi connectivity index (χ0n) is 30.7. The van der Waals surface area contributed by atoms with E-state index in [2.05, 4.69) is 9.82 Å². The number of anilines is 1. The molecule has 2 aliphatic rings. The lowest BCUT2D eigenvalue weighted by Crippen LogP contribution is -2.62. The third kappa shape index (κ3) is 11.1. The van der Waals surface area contributed by atoms with Crippen molar-refractivity contribution in [2.24, 2.45) is 0 Å². The van der Waals surface area contributed by atoms with Crippen LogP contribution in [-0.4, -0.2) is 87.9 Å². The molecule has 3 heterocycles. The Morgan fingerprint density at radius 2 is 1.65 bits per heavy atom. The SMILES string of the molecule is CC(C)(C)OC(=O)NNC(=O)C(CCCOC[C@@H]1CCCN1c1nc(C(=O)ON2C(=O)CCC2=O)c([N+](=O)[O-])cc1C(F)(F)F)(OCc1ccccc1)C(F)(F)F. The maximum absolute atomic E-state index is 14.8. The number of carbonyl (C=O) groups excluding carboxylic acids is 5. The van der Waals surface area contributed by atoms with Gasteiger partial charge in [0, 0.05) is 32.1 Å². The molecule has 0 aliphatic carbocycles. The molecule has 312 valence electrons. The van der Waals surface area contributed by atoms with Gasteiger partial charge in [-0.05, 0) is 52.0 Å². The Labute approximate surface area is 320 Å². The van der Waals surface area contributed by atoms with Gasteiger partial charge in [-0.1, -0.05) is 30.3 Å². The first kappa shape index (κ1) is 44.1. The van der Waals surface area contributed by atoms with E-state index in [0.29, 0.717) is 0 Å². The summed E-state index contributed by atoms with van der Waals surface area (Å²) >= 11 is 0. The van der Waals surface area contributed by atoms with Crippen LogP contribution in [0.2, 0.25) is 0 Å². The predicted octanol–water partition coefficient (Wildman–Crippen LogP) is 5.07. The molecular weight excluding hydrogens is 782 g/mol. The zero-order valence-corrected chi connectivity index (χ0v) is 30.7. The van der Waals surface area contributed by atoms with Gasteiger partial charge >= 0.3 is 30.1 Å². The summed E-state index contributed by atoms with van der Waals surface area (Å²) in [5, 5.41) is 11.8. The number of nitro groups is 1. The summed E-state index contributed by atoms with van der Waals surface area (Å²) in [6.45, 7) is 2.74. The predicted molar refractivity (Wildman–Crippen MR) is 180 cm³/mol. The fourth-order valence-corrected chi connectivity index (χ4v) is 5.82. The highest BCUT2D eigenvalue weighted by Gasteiger charge is 2.61. The van der Waals surface area contributed by atoms with Crippen LogP contribution in [-0.2, 0) is 46.2 Å². The van der Waals surface area contributed by atoms with Crippen LogP contribution in [0.25, 0.3) is 0 Å². The van der Waals surface area contributed by atoms with E-state index in [9.17, 15) is 60.4 Å². The summed E-state index contributed by atoms with van der Waals surface area (Å²) in [7, 11) is 0. The van der Waals surface area contributed by atoms with Crippen LogP contribution in [0.3, 0.4) is 0 Å². The Kier molecular flexibility index (Phi) is 13.7. The van der Waals surface area contributed by atoms with Crippen molar-refractivity contribution < 1.29 is 74.3 Å². The van der Waals surface area contributed by atoms with Gasteiger partial charge in [0.1, 0.15) is 17.0 Å². The van der Waals surface area contributed by atoms with Crippen LogP contribution >= 0.6 is 0 Å². The average molecular weight is 821 g/mol. The van der Waals surface area contributed by atoms with Gasteiger partial charge in [0.2, 0.25) is 11.3 Å². The summed E-state index contributed by atoms with van der Waals surface area (Å²) < 4.78 is 103. The van der Waals surface area contributed by atoms with E-state index in [0.717, 1.165) is 4.90 Å². The Balaban J connectivity index is 1.52. The number of nitrogens with zero attached hydrogens (tertiary/aromatic N) is 4. The number of amides is 4. The summed E-state index contributed by atoms with van der Waals surface area (Å²) in [6.07, 6.45) is -13.7. The third-order valence-electron chi connectivity index (χ3n) is 8.46. The number of nitrogens with one attached hydrogen (secondary N) is 2. The normalized spacial score (nSPS) is 17.3. The molecule has 2 saturated heterocycles. The third-order valence-corrected chi connectivity index (χ3v) is 8.46. The molecule has 57 heavy (non-hydrogen) atoms. The number of hydroxylamine groups is 2. The molecule has 4 amide bonds. The molecule has 17 nitrogen and oxygen atoms in total. The van der Waals surface area contributed by atoms with Crippen molar-refractivity contribution in [1.29, 1.82) is 0 Å². The van der Waals surface area contributed by atoms with Gasteiger partial charge in [-0.25, -0.2) is 20.0 Å². The van der Waals surface area contributed by atoms with Crippen molar-refractivity contribution in [2.45, 2.75) is 95.5 Å². The maximum atomic E-state index is 14.8. The molecule has 2 aromatic rings. The number of benzene rings is 1. The van der Waals surface area contributed by atoms with Gasteiger partial charge in [-0.2, -0.15) is 26.3 Å². The highest BCUT2D eigenvalue weighted by Crippen LogP contribution is 2.42. The van der Waals surface area contributed by atoms with Gasteiger partial charge in [-0.3, -0.25) is 29.9 Å². The quantitative estimate of drug-likeness (QED) is 0.0840. The van der Waals surface area contributed by atoms with Gasteiger partial charge in [0.05, 0.1) is 24.2 Å². The molecule has 2 fully saturated rings. The van der Waals surface area contributed by atoms with Crippen LogP contribution in [0, 0.1) is 10.1 Å². The van der Waals surface area contributed by atoms with E-state index in [4.69, 9.17) is 14.2 Å². The van der Waals surface area contributed by atoms with Crippen molar-refractivity contribution in [3.63, 3.8) is 0 Å². The zero-order chi connectivity index (χ0) is 42.3. The van der Waals surface area contributed by atoms with Crippen LogP contribution in [0.1, 0.15) is 80.9 Å². The summed E-state index contributed by atoms with van der Waals surface area (Å²) in [5.74, 6) is -6.40. The molecule has 2 aliphatic heterocycles. The molecule has 2 N–H and O–H groups in total. The van der Waals surface area contributed by atoms with Crippen molar-refractivity contribution in [3.05, 3.63) is 63.3 Å². The highest BCUT2D eigenvalue weighted by molar-refractivity contribution is 6.03. The van der Waals surface area contributed by atoms with Gasteiger partial charge < -0.3 is 23.9 Å². The van der Waals surface area contributed by atoms with Gasteiger partial charge in [0.15, 0.2) is 0 Å². The Morgan fingerprint density at radius 3 is 2.23 bits per heavy atom. The number of hydrazine groups is 1. The molecule has 23 heteroatoms. The minimum absolute atomic E-state index is 0.0406. The molecule has 2 atom stereocenters. The van der Waals surface area contributed by atoms with E-state index in [1.165, 1.54) is 45.0 Å². The van der Waals surface area contributed by atoms with E-state index < -0.39 is 120 Å². The van der Waals surface area contributed by atoms with E-state index in [-0.39, 0.29) is 48.9 Å². The maximum Gasteiger partial charge on any atom is 0.426 e.